The number of alkyl halides is 3. The first-order valence-electron chi connectivity index (χ1n) is 10.9. The average Bonchev–Trinajstić information content (AvgIpc) is 3.19. The van der Waals surface area contributed by atoms with E-state index in [0.717, 1.165) is 36.2 Å². The third-order valence-electron chi connectivity index (χ3n) is 6.00. The summed E-state index contributed by atoms with van der Waals surface area (Å²) in [6.07, 6.45) is -1.63. The first kappa shape index (κ1) is 24.1. The maximum Gasteiger partial charge on any atom is 0.416 e. The number of halogens is 4. The SMILES string of the molecule is Cc1nc(C(=O)N2CCCC(C)[C@H]2CNc2cc(C(F)(F)F)ccn2)c(-c2ccc(F)cc2)s1. The van der Waals surface area contributed by atoms with Gasteiger partial charge in [0.15, 0.2) is 0 Å². The molecule has 34 heavy (non-hydrogen) atoms. The van der Waals surface area contributed by atoms with Crippen LogP contribution in [-0.4, -0.2) is 39.9 Å². The fourth-order valence-electron chi connectivity index (χ4n) is 4.23. The molecule has 1 aliphatic heterocycles. The second-order valence-corrected chi connectivity index (χ2v) is 9.61. The third-order valence-corrected chi connectivity index (χ3v) is 7.02. The van der Waals surface area contributed by atoms with Crippen LogP contribution in [0.25, 0.3) is 10.4 Å². The van der Waals surface area contributed by atoms with Gasteiger partial charge in [-0.1, -0.05) is 19.1 Å². The summed E-state index contributed by atoms with van der Waals surface area (Å²) < 4.78 is 52.5. The van der Waals surface area contributed by atoms with Crippen LogP contribution in [-0.2, 0) is 6.18 Å². The first-order chi connectivity index (χ1) is 16.1. The van der Waals surface area contributed by atoms with Crippen molar-refractivity contribution in [2.75, 3.05) is 18.4 Å². The molecular formula is C24H24F4N4OS. The van der Waals surface area contributed by atoms with Crippen LogP contribution in [0.2, 0.25) is 0 Å². The molecule has 2 atom stereocenters. The van der Waals surface area contributed by atoms with Crippen LogP contribution < -0.4 is 5.32 Å². The van der Waals surface area contributed by atoms with E-state index in [4.69, 9.17) is 0 Å². The number of hydrogen-bond donors (Lipinski definition) is 1. The standard InChI is InChI=1S/C24H24F4N4OS/c1-14-4-3-11-32(19(14)13-30-20-12-17(9-10-29-20)24(26,27)28)23(33)21-22(34-15(2)31-21)16-5-7-18(25)8-6-16/h5-10,12,14,19H,3-4,11,13H2,1-2H3,(H,29,30)/t14?,19-/m1/s1. The van der Waals surface area contributed by atoms with Crippen LogP contribution >= 0.6 is 11.3 Å². The van der Waals surface area contributed by atoms with Crippen molar-refractivity contribution in [2.45, 2.75) is 38.9 Å². The maximum absolute atomic E-state index is 13.6. The zero-order chi connectivity index (χ0) is 24.5. The van der Waals surface area contributed by atoms with E-state index < -0.39 is 11.7 Å². The molecule has 1 fully saturated rings. The molecule has 2 aromatic heterocycles. The molecule has 0 bridgehead atoms. The van der Waals surface area contributed by atoms with Crippen molar-refractivity contribution in [3.63, 3.8) is 0 Å². The van der Waals surface area contributed by atoms with Gasteiger partial charge in [0.1, 0.15) is 17.3 Å². The highest BCUT2D eigenvalue weighted by Gasteiger charge is 2.35. The molecule has 1 N–H and O–H groups in total. The summed E-state index contributed by atoms with van der Waals surface area (Å²) in [6, 6.07) is 7.57. The number of carbonyl (C=O) groups is 1. The molecule has 1 aromatic carbocycles. The summed E-state index contributed by atoms with van der Waals surface area (Å²) in [4.78, 5) is 24.5. The van der Waals surface area contributed by atoms with Crippen LogP contribution in [0, 0.1) is 18.7 Å². The van der Waals surface area contributed by atoms with Gasteiger partial charge in [0.2, 0.25) is 0 Å². The molecule has 1 unspecified atom stereocenters. The first-order valence-corrected chi connectivity index (χ1v) is 11.8. The van der Waals surface area contributed by atoms with Crippen LogP contribution in [0.1, 0.15) is 40.8 Å². The number of nitrogens with one attached hydrogen (secondary N) is 1. The Labute approximate surface area is 198 Å². The number of pyridine rings is 1. The second-order valence-electron chi connectivity index (χ2n) is 8.41. The average molecular weight is 493 g/mol. The highest BCUT2D eigenvalue weighted by molar-refractivity contribution is 7.15. The summed E-state index contributed by atoms with van der Waals surface area (Å²) in [6.45, 7) is 4.62. The van der Waals surface area contributed by atoms with E-state index in [-0.39, 0.29) is 36.0 Å². The number of amides is 1. The third kappa shape index (κ3) is 5.22. The number of hydrogen-bond acceptors (Lipinski definition) is 5. The monoisotopic (exact) mass is 492 g/mol. The Kier molecular flexibility index (Phi) is 6.88. The zero-order valence-corrected chi connectivity index (χ0v) is 19.5. The predicted octanol–water partition coefficient (Wildman–Crippen LogP) is 6.02. The van der Waals surface area contributed by atoms with Gasteiger partial charge in [0.25, 0.3) is 5.91 Å². The molecule has 0 radical (unpaired) electrons. The van der Waals surface area contributed by atoms with Crippen molar-refractivity contribution in [1.29, 1.82) is 0 Å². The van der Waals surface area contributed by atoms with Gasteiger partial charge < -0.3 is 10.2 Å². The summed E-state index contributed by atoms with van der Waals surface area (Å²) in [7, 11) is 0. The van der Waals surface area contributed by atoms with Crippen molar-refractivity contribution in [3.05, 3.63) is 64.7 Å². The van der Waals surface area contributed by atoms with Gasteiger partial charge in [-0.05, 0) is 55.5 Å². The number of aryl methyl sites for hydroxylation is 1. The van der Waals surface area contributed by atoms with Gasteiger partial charge in [-0.15, -0.1) is 11.3 Å². The van der Waals surface area contributed by atoms with Gasteiger partial charge in [-0.2, -0.15) is 13.2 Å². The van der Waals surface area contributed by atoms with E-state index in [2.05, 4.69) is 15.3 Å². The number of thiazole rings is 1. The molecular weight excluding hydrogens is 468 g/mol. The van der Waals surface area contributed by atoms with Crippen molar-refractivity contribution in [2.24, 2.45) is 5.92 Å². The van der Waals surface area contributed by atoms with Crippen LogP contribution in [0.15, 0.2) is 42.6 Å². The molecule has 1 aliphatic rings. The number of carbonyl (C=O) groups excluding carboxylic acids is 1. The van der Waals surface area contributed by atoms with E-state index in [1.54, 1.807) is 17.0 Å². The van der Waals surface area contributed by atoms with E-state index in [1.807, 2.05) is 13.8 Å². The Morgan fingerprint density at radius 2 is 1.97 bits per heavy atom. The number of rotatable bonds is 5. The van der Waals surface area contributed by atoms with Crippen molar-refractivity contribution >= 4 is 23.1 Å². The maximum atomic E-state index is 13.6. The smallest absolute Gasteiger partial charge is 0.368 e. The number of nitrogens with zero attached hydrogens (tertiary/aromatic N) is 3. The second kappa shape index (κ2) is 9.69. The summed E-state index contributed by atoms with van der Waals surface area (Å²) in [5, 5.41) is 3.70. The largest absolute Gasteiger partial charge is 0.416 e. The van der Waals surface area contributed by atoms with E-state index >= 15 is 0 Å². The molecule has 3 aromatic rings. The molecule has 1 amide bonds. The van der Waals surface area contributed by atoms with Crippen LogP contribution in [0.4, 0.5) is 23.4 Å². The Hall–Kier alpha value is -3.01. The molecule has 3 heterocycles. The lowest BCUT2D eigenvalue weighted by atomic mass is 9.90. The number of piperidine rings is 1. The Balaban J connectivity index is 1.57. The van der Waals surface area contributed by atoms with E-state index in [0.29, 0.717) is 22.7 Å². The van der Waals surface area contributed by atoms with Gasteiger partial charge >= 0.3 is 6.18 Å². The summed E-state index contributed by atoms with van der Waals surface area (Å²) >= 11 is 1.37. The van der Waals surface area contributed by atoms with Crippen molar-refractivity contribution < 1.29 is 22.4 Å². The Bertz CT molecular complexity index is 1160. The quantitative estimate of drug-likeness (QED) is 0.442. The highest BCUT2D eigenvalue weighted by Crippen LogP contribution is 2.34. The molecule has 4 rings (SSSR count). The fraction of sp³-hybridized carbons (Fsp3) is 0.375. The molecule has 1 saturated heterocycles. The molecule has 0 aliphatic carbocycles. The van der Waals surface area contributed by atoms with Gasteiger partial charge in [-0.3, -0.25) is 4.79 Å². The lowest BCUT2D eigenvalue weighted by Gasteiger charge is -2.40. The summed E-state index contributed by atoms with van der Waals surface area (Å²) in [5.41, 5.74) is 0.241. The number of benzene rings is 1. The Morgan fingerprint density at radius 1 is 1.24 bits per heavy atom. The fourth-order valence-corrected chi connectivity index (χ4v) is 5.15. The summed E-state index contributed by atoms with van der Waals surface area (Å²) in [5.74, 6) is -0.363. The number of anilines is 1. The topological polar surface area (TPSA) is 58.1 Å². The lowest BCUT2D eigenvalue weighted by Crippen LogP contribution is -2.51. The van der Waals surface area contributed by atoms with Crippen LogP contribution in [0.3, 0.4) is 0 Å². The molecule has 5 nitrogen and oxygen atoms in total. The van der Waals surface area contributed by atoms with Gasteiger partial charge in [-0.25, -0.2) is 14.4 Å². The minimum absolute atomic E-state index is 0.108. The molecule has 0 saturated carbocycles. The Morgan fingerprint density at radius 3 is 2.68 bits per heavy atom. The number of aromatic nitrogens is 2. The minimum atomic E-state index is -4.46. The number of likely N-dealkylation sites (tertiary alicyclic amines) is 1. The lowest BCUT2D eigenvalue weighted by molar-refractivity contribution is -0.137. The van der Waals surface area contributed by atoms with Gasteiger partial charge in [0, 0.05) is 19.3 Å². The predicted molar refractivity (Wildman–Crippen MR) is 123 cm³/mol. The normalized spacial score (nSPS) is 18.7. The van der Waals surface area contributed by atoms with Gasteiger partial charge in [0.05, 0.1) is 21.5 Å². The molecule has 10 heteroatoms. The van der Waals surface area contributed by atoms with E-state index in [9.17, 15) is 22.4 Å². The van der Waals surface area contributed by atoms with Crippen molar-refractivity contribution in [3.8, 4) is 10.4 Å². The van der Waals surface area contributed by atoms with Crippen LogP contribution in [0.5, 0.6) is 0 Å². The molecule has 180 valence electrons. The van der Waals surface area contributed by atoms with Crippen molar-refractivity contribution in [1.82, 2.24) is 14.9 Å². The highest BCUT2D eigenvalue weighted by atomic mass is 32.1. The minimum Gasteiger partial charge on any atom is -0.368 e. The molecule has 0 spiro atoms. The van der Waals surface area contributed by atoms with E-state index in [1.165, 1.54) is 23.5 Å². The zero-order valence-electron chi connectivity index (χ0n) is 18.7.